The summed E-state index contributed by atoms with van der Waals surface area (Å²) in [5.74, 6) is 0.423. The predicted molar refractivity (Wildman–Crippen MR) is 82.2 cm³/mol. The summed E-state index contributed by atoms with van der Waals surface area (Å²) in [6.07, 6.45) is 5.72. The van der Waals surface area contributed by atoms with Gasteiger partial charge in [0.2, 0.25) is 5.91 Å². The normalized spacial score (nSPS) is 28.5. The Kier molecular flexibility index (Phi) is 4.15. The standard InChI is InChI=1S/C17H24N2O2/c1-12(20)18-14-10-15-4-5-16(11-14)19(15)9-8-13-2-6-17(21)7-3-13/h2-3,6-7,14-16,21H,4-5,8-11H2,1H3,(H,18,20)/t14?,15-,16+. The van der Waals surface area contributed by atoms with Crippen molar-refractivity contribution in [2.24, 2.45) is 0 Å². The highest BCUT2D eigenvalue weighted by molar-refractivity contribution is 5.73. The first kappa shape index (κ1) is 14.4. The molecule has 0 aliphatic carbocycles. The lowest BCUT2D eigenvalue weighted by atomic mass is 9.96. The van der Waals surface area contributed by atoms with E-state index in [1.165, 1.54) is 18.4 Å². The highest BCUT2D eigenvalue weighted by Gasteiger charge is 2.40. The van der Waals surface area contributed by atoms with Gasteiger partial charge in [-0.25, -0.2) is 0 Å². The van der Waals surface area contributed by atoms with Crippen LogP contribution in [0.15, 0.2) is 24.3 Å². The second-order valence-corrected chi connectivity index (χ2v) is 6.41. The Morgan fingerprint density at radius 2 is 1.86 bits per heavy atom. The number of amides is 1. The maximum absolute atomic E-state index is 11.2. The van der Waals surface area contributed by atoms with Gasteiger partial charge in [-0.1, -0.05) is 12.1 Å². The smallest absolute Gasteiger partial charge is 0.217 e. The zero-order valence-electron chi connectivity index (χ0n) is 12.6. The fourth-order valence-corrected chi connectivity index (χ4v) is 3.97. The molecule has 2 saturated heterocycles. The summed E-state index contributed by atoms with van der Waals surface area (Å²) in [6, 6.07) is 9.13. The molecule has 3 atom stereocenters. The third-order valence-corrected chi connectivity index (χ3v) is 4.89. The second kappa shape index (κ2) is 6.06. The molecule has 2 aliphatic rings. The van der Waals surface area contributed by atoms with Crippen LogP contribution in [0.2, 0.25) is 0 Å². The Morgan fingerprint density at radius 1 is 1.24 bits per heavy atom. The van der Waals surface area contributed by atoms with E-state index in [-0.39, 0.29) is 5.91 Å². The Balaban J connectivity index is 1.55. The number of nitrogens with zero attached hydrogens (tertiary/aromatic N) is 1. The van der Waals surface area contributed by atoms with Crippen LogP contribution in [0.3, 0.4) is 0 Å². The topological polar surface area (TPSA) is 52.6 Å². The van der Waals surface area contributed by atoms with Crippen molar-refractivity contribution in [2.45, 2.75) is 57.2 Å². The van der Waals surface area contributed by atoms with Gasteiger partial charge in [-0.3, -0.25) is 9.69 Å². The molecule has 2 N–H and O–H groups in total. The Hall–Kier alpha value is -1.55. The maximum atomic E-state index is 11.2. The lowest BCUT2D eigenvalue weighted by molar-refractivity contribution is -0.120. The molecular weight excluding hydrogens is 264 g/mol. The van der Waals surface area contributed by atoms with E-state index in [0.29, 0.717) is 23.9 Å². The van der Waals surface area contributed by atoms with Gasteiger partial charge < -0.3 is 10.4 Å². The molecule has 2 fully saturated rings. The van der Waals surface area contributed by atoms with E-state index in [2.05, 4.69) is 10.2 Å². The summed E-state index contributed by atoms with van der Waals surface area (Å²) in [5.41, 5.74) is 1.27. The molecule has 0 spiro atoms. The number of rotatable bonds is 4. The molecule has 4 nitrogen and oxygen atoms in total. The van der Waals surface area contributed by atoms with Crippen LogP contribution in [0.4, 0.5) is 0 Å². The lowest BCUT2D eigenvalue weighted by Gasteiger charge is -2.39. The summed E-state index contributed by atoms with van der Waals surface area (Å²) in [7, 11) is 0. The summed E-state index contributed by atoms with van der Waals surface area (Å²) in [6.45, 7) is 2.69. The van der Waals surface area contributed by atoms with Crippen molar-refractivity contribution < 1.29 is 9.90 Å². The van der Waals surface area contributed by atoms with Gasteiger partial charge in [0.1, 0.15) is 5.75 Å². The number of benzene rings is 1. The molecule has 4 heteroatoms. The van der Waals surface area contributed by atoms with E-state index in [9.17, 15) is 9.90 Å². The number of hydrogen-bond acceptors (Lipinski definition) is 3. The summed E-state index contributed by atoms with van der Waals surface area (Å²) in [5, 5.41) is 12.4. The van der Waals surface area contributed by atoms with Crippen LogP contribution in [0.1, 0.15) is 38.2 Å². The molecule has 3 rings (SSSR count). The number of phenols is 1. The first-order valence-corrected chi connectivity index (χ1v) is 7.92. The minimum absolute atomic E-state index is 0.0944. The van der Waals surface area contributed by atoms with Crippen LogP contribution in [0.5, 0.6) is 5.75 Å². The van der Waals surface area contributed by atoms with Gasteiger partial charge in [-0.2, -0.15) is 0 Å². The van der Waals surface area contributed by atoms with Gasteiger partial charge in [0.25, 0.3) is 0 Å². The Morgan fingerprint density at radius 3 is 2.43 bits per heavy atom. The molecule has 0 aromatic heterocycles. The molecule has 0 radical (unpaired) electrons. The first-order chi connectivity index (χ1) is 10.1. The van der Waals surface area contributed by atoms with Gasteiger partial charge in [0, 0.05) is 31.6 Å². The van der Waals surface area contributed by atoms with Gasteiger partial charge in [0.15, 0.2) is 0 Å². The van der Waals surface area contributed by atoms with Crippen molar-refractivity contribution in [1.29, 1.82) is 0 Å². The number of nitrogens with one attached hydrogen (secondary N) is 1. The minimum Gasteiger partial charge on any atom is -0.508 e. The third-order valence-electron chi connectivity index (χ3n) is 4.89. The summed E-state index contributed by atoms with van der Waals surface area (Å²) >= 11 is 0. The highest BCUT2D eigenvalue weighted by atomic mass is 16.3. The molecule has 114 valence electrons. The molecule has 1 amide bonds. The van der Waals surface area contributed by atoms with Crippen LogP contribution in [-0.2, 0) is 11.2 Å². The molecule has 2 bridgehead atoms. The van der Waals surface area contributed by atoms with Crippen LogP contribution in [0.25, 0.3) is 0 Å². The van der Waals surface area contributed by atoms with Crippen LogP contribution in [-0.4, -0.2) is 40.6 Å². The molecule has 1 aromatic carbocycles. The maximum Gasteiger partial charge on any atom is 0.217 e. The van der Waals surface area contributed by atoms with Crippen LogP contribution in [0, 0.1) is 0 Å². The monoisotopic (exact) mass is 288 g/mol. The fourth-order valence-electron chi connectivity index (χ4n) is 3.97. The number of aromatic hydroxyl groups is 1. The lowest BCUT2D eigenvalue weighted by Crippen LogP contribution is -2.50. The van der Waals surface area contributed by atoms with E-state index in [1.54, 1.807) is 19.1 Å². The molecule has 1 unspecified atom stereocenters. The van der Waals surface area contributed by atoms with Crippen molar-refractivity contribution >= 4 is 5.91 Å². The molecular formula is C17H24N2O2. The third kappa shape index (κ3) is 3.38. The van der Waals surface area contributed by atoms with E-state index in [4.69, 9.17) is 0 Å². The molecule has 21 heavy (non-hydrogen) atoms. The van der Waals surface area contributed by atoms with E-state index >= 15 is 0 Å². The van der Waals surface area contributed by atoms with Crippen molar-refractivity contribution in [3.63, 3.8) is 0 Å². The SMILES string of the molecule is CC(=O)NC1C[C@H]2CC[C@@H](C1)N2CCc1ccc(O)cc1. The largest absolute Gasteiger partial charge is 0.508 e. The van der Waals surface area contributed by atoms with Crippen LogP contribution >= 0.6 is 0 Å². The van der Waals surface area contributed by atoms with Crippen LogP contribution < -0.4 is 5.32 Å². The average Bonchev–Trinajstić information content (AvgIpc) is 2.67. The Labute approximate surface area is 126 Å². The van der Waals surface area contributed by atoms with E-state index < -0.39 is 0 Å². The summed E-state index contributed by atoms with van der Waals surface area (Å²) in [4.78, 5) is 13.9. The number of piperidine rings is 1. The number of fused-ring (bicyclic) bond motifs is 2. The molecule has 0 saturated carbocycles. The summed E-state index contributed by atoms with van der Waals surface area (Å²) < 4.78 is 0. The van der Waals surface area contributed by atoms with Crippen molar-refractivity contribution in [2.75, 3.05) is 6.54 Å². The minimum atomic E-state index is 0.0944. The average molecular weight is 288 g/mol. The number of carbonyl (C=O) groups excluding carboxylic acids is 1. The molecule has 2 heterocycles. The van der Waals surface area contributed by atoms with Gasteiger partial charge in [-0.15, -0.1) is 0 Å². The number of phenolic OH excluding ortho intramolecular Hbond substituents is 1. The molecule has 2 aliphatic heterocycles. The van der Waals surface area contributed by atoms with Crippen molar-refractivity contribution in [3.8, 4) is 5.75 Å². The zero-order valence-corrected chi connectivity index (χ0v) is 12.6. The van der Waals surface area contributed by atoms with Gasteiger partial charge in [0.05, 0.1) is 0 Å². The fraction of sp³-hybridized carbons (Fsp3) is 0.588. The first-order valence-electron chi connectivity index (χ1n) is 7.92. The predicted octanol–water partition coefficient (Wildman–Crippen LogP) is 2.07. The van der Waals surface area contributed by atoms with E-state index in [1.807, 2.05) is 12.1 Å². The van der Waals surface area contributed by atoms with Crippen molar-refractivity contribution in [3.05, 3.63) is 29.8 Å². The Bertz CT molecular complexity index is 486. The van der Waals surface area contributed by atoms with Gasteiger partial charge >= 0.3 is 0 Å². The zero-order chi connectivity index (χ0) is 14.8. The quantitative estimate of drug-likeness (QED) is 0.892. The highest BCUT2D eigenvalue weighted by Crippen LogP contribution is 2.35. The number of hydrogen-bond donors (Lipinski definition) is 2. The molecule has 1 aromatic rings. The van der Waals surface area contributed by atoms with E-state index in [0.717, 1.165) is 25.8 Å². The van der Waals surface area contributed by atoms with Gasteiger partial charge in [-0.05, 0) is 49.8 Å². The second-order valence-electron chi connectivity index (χ2n) is 6.41. The number of carbonyl (C=O) groups is 1. The van der Waals surface area contributed by atoms with Crippen molar-refractivity contribution in [1.82, 2.24) is 10.2 Å².